The van der Waals surface area contributed by atoms with Gasteiger partial charge in [0.1, 0.15) is 0 Å². The van der Waals surface area contributed by atoms with Gasteiger partial charge in [-0.2, -0.15) is 0 Å². The summed E-state index contributed by atoms with van der Waals surface area (Å²) in [4.78, 5) is 10.4. The van der Waals surface area contributed by atoms with E-state index in [1.807, 2.05) is 78.1 Å². The maximum absolute atomic E-state index is 9.57. The van der Waals surface area contributed by atoms with Crippen LogP contribution in [-0.4, -0.2) is 15.7 Å². The van der Waals surface area contributed by atoms with Gasteiger partial charge in [0.25, 0.3) is 0 Å². The fourth-order valence-electron chi connectivity index (χ4n) is 8.41. The summed E-state index contributed by atoms with van der Waals surface area (Å²) in [6.45, 7) is 0. The first kappa shape index (κ1) is 37.0. The molecule has 1 aliphatic rings. The average molecular weight is 811 g/mol. The fraction of sp³-hybridized carbons (Fsp3) is 0. The third-order valence-electron chi connectivity index (χ3n) is 11.5. The second kappa shape index (κ2) is 15.9. The number of nitrogens with zero attached hydrogens (tertiary/aromatic N) is 2. The molecule has 0 radical (unpaired) electrons. The second-order valence-electron chi connectivity index (χ2n) is 15.4. The molecule has 10 aromatic rings. The molecular weight excluding hydrogens is 773 g/mol. The molecule has 2 aromatic heterocycles. The number of nitrogens with one attached hydrogen (secondary N) is 2. The van der Waals surface area contributed by atoms with E-state index in [1.165, 1.54) is 25.7 Å². The van der Waals surface area contributed by atoms with Crippen molar-refractivity contribution in [1.82, 2.24) is 15.3 Å². The molecule has 0 amide bonds. The predicted molar refractivity (Wildman–Crippen MR) is 261 cm³/mol. The summed E-state index contributed by atoms with van der Waals surface area (Å²) in [5.41, 5.74) is 15.0. The highest BCUT2D eigenvalue weighted by molar-refractivity contribution is 7.25. The van der Waals surface area contributed by atoms with Crippen molar-refractivity contribution >= 4 is 60.3 Å². The molecule has 11 rings (SSSR count). The number of hydrogen-bond acceptors (Lipinski definition) is 5. The summed E-state index contributed by atoms with van der Waals surface area (Å²) in [6.07, 6.45) is 2.19. The van der Waals surface area contributed by atoms with E-state index < -0.39 is 0 Å². The van der Waals surface area contributed by atoms with E-state index in [-0.39, 0.29) is 0 Å². The third kappa shape index (κ3) is 7.00. The fourth-order valence-corrected chi connectivity index (χ4v) is 9.50. The minimum absolute atomic E-state index is 0.452. The van der Waals surface area contributed by atoms with Crippen LogP contribution in [0.25, 0.3) is 88.2 Å². The number of thiophene rings is 1. The van der Waals surface area contributed by atoms with Crippen molar-refractivity contribution in [3.63, 3.8) is 0 Å². The molecule has 0 saturated heterocycles. The number of allylic oxidation sites excluding steroid dienone is 1. The Hall–Kier alpha value is -7.99. The van der Waals surface area contributed by atoms with Gasteiger partial charge in [0.05, 0.1) is 22.8 Å². The zero-order valence-corrected chi connectivity index (χ0v) is 34.4. The highest BCUT2D eigenvalue weighted by Gasteiger charge is 2.24. The van der Waals surface area contributed by atoms with E-state index in [0.29, 0.717) is 11.5 Å². The maximum atomic E-state index is 9.57. The lowest BCUT2D eigenvalue weighted by atomic mass is 9.88. The SMILES string of the molecule is N=C(/C(=C1\NC(c2cccc(-c3nc(-c4ccccc4)cc(-c4ccc(-c5ccc6sc7ccccc7c6c5)cc4)n3)c2)=Cc2ccccc21)c1ccccc1)c1ccccc1. The third-order valence-corrected chi connectivity index (χ3v) is 12.7. The number of hydrogen-bond donors (Lipinski definition) is 2. The van der Waals surface area contributed by atoms with Crippen molar-refractivity contribution in [2.45, 2.75) is 0 Å². The predicted octanol–water partition coefficient (Wildman–Crippen LogP) is 14.6. The quantitative estimate of drug-likeness (QED) is 0.150. The average Bonchev–Trinajstić information content (AvgIpc) is 3.73. The van der Waals surface area contributed by atoms with Crippen LogP contribution >= 0.6 is 11.3 Å². The Morgan fingerprint density at radius 2 is 1.02 bits per heavy atom. The van der Waals surface area contributed by atoms with E-state index in [2.05, 4.69) is 157 Å². The van der Waals surface area contributed by atoms with Crippen LogP contribution in [-0.2, 0) is 0 Å². The van der Waals surface area contributed by atoms with Crippen LogP contribution in [0.15, 0.2) is 212 Å². The Labute approximate surface area is 364 Å². The van der Waals surface area contributed by atoms with E-state index >= 15 is 0 Å². The van der Waals surface area contributed by atoms with E-state index in [0.717, 1.165) is 78.4 Å². The molecule has 0 saturated carbocycles. The zero-order chi connectivity index (χ0) is 41.4. The van der Waals surface area contributed by atoms with Gasteiger partial charge in [0, 0.05) is 59.3 Å². The number of fused-ring (bicyclic) bond motifs is 4. The van der Waals surface area contributed by atoms with Crippen molar-refractivity contribution in [1.29, 1.82) is 5.41 Å². The van der Waals surface area contributed by atoms with Gasteiger partial charge < -0.3 is 5.32 Å². The first-order chi connectivity index (χ1) is 30.6. The van der Waals surface area contributed by atoms with Gasteiger partial charge >= 0.3 is 0 Å². The van der Waals surface area contributed by atoms with Gasteiger partial charge in [-0.1, -0.05) is 182 Å². The number of benzene rings is 8. The van der Waals surface area contributed by atoms with Crippen LogP contribution in [0, 0.1) is 5.41 Å². The number of rotatable bonds is 8. The standard InChI is InChI=1S/C57H38N4S/c58-55(41-19-8-3-9-20-41)54(40-17-6-2-7-18-40)56-46-24-11-10-21-43(46)35-49(59-56)44-22-14-23-45(33-44)57-60-50(38-15-4-1-5-16-38)36-51(61-57)39-29-27-37(28-30-39)42-31-32-53-48(34-42)47-25-12-13-26-52(47)62-53/h1-36,58-59H/b56-54-,58-55?. The smallest absolute Gasteiger partial charge is 0.160 e. The van der Waals surface area contributed by atoms with Crippen LogP contribution in [0.3, 0.4) is 0 Å². The van der Waals surface area contributed by atoms with Gasteiger partial charge in [0.2, 0.25) is 0 Å². The minimum atomic E-state index is 0.452. The van der Waals surface area contributed by atoms with Crippen molar-refractivity contribution in [3.8, 4) is 45.0 Å². The van der Waals surface area contributed by atoms with Crippen molar-refractivity contribution < 1.29 is 0 Å². The lowest BCUT2D eigenvalue weighted by Gasteiger charge is -2.26. The summed E-state index contributed by atoms with van der Waals surface area (Å²) in [5, 5.41) is 16.0. The van der Waals surface area contributed by atoms with E-state index in [1.54, 1.807) is 0 Å². The lowest BCUT2D eigenvalue weighted by Crippen LogP contribution is -2.20. The van der Waals surface area contributed by atoms with Crippen LogP contribution in [0.4, 0.5) is 0 Å². The monoisotopic (exact) mass is 810 g/mol. The maximum Gasteiger partial charge on any atom is 0.160 e. The van der Waals surface area contributed by atoms with Gasteiger partial charge in [-0.25, -0.2) is 9.97 Å². The van der Waals surface area contributed by atoms with E-state index in [9.17, 15) is 5.41 Å². The van der Waals surface area contributed by atoms with Crippen LogP contribution in [0.2, 0.25) is 0 Å². The Morgan fingerprint density at radius 1 is 0.435 bits per heavy atom. The summed E-state index contributed by atoms with van der Waals surface area (Å²) in [7, 11) is 0. The first-order valence-corrected chi connectivity index (χ1v) is 21.5. The molecule has 0 fully saturated rings. The van der Waals surface area contributed by atoms with Gasteiger partial charge in [-0.15, -0.1) is 11.3 Å². The molecule has 4 nitrogen and oxygen atoms in total. The normalized spacial score (nSPS) is 13.0. The molecule has 0 aliphatic carbocycles. The van der Waals surface area contributed by atoms with E-state index in [4.69, 9.17) is 9.97 Å². The van der Waals surface area contributed by atoms with Crippen molar-refractivity contribution in [2.75, 3.05) is 0 Å². The topological polar surface area (TPSA) is 61.7 Å². The molecule has 3 heterocycles. The minimum Gasteiger partial charge on any atom is -0.354 e. The Morgan fingerprint density at radius 3 is 1.79 bits per heavy atom. The van der Waals surface area contributed by atoms with Gasteiger partial charge in [-0.05, 0) is 64.2 Å². The number of aromatic nitrogens is 2. The second-order valence-corrected chi connectivity index (χ2v) is 16.5. The van der Waals surface area contributed by atoms with Crippen molar-refractivity contribution in [2.24, 2.45) is 0 Å². The van der Waals surface area contributed by atoms with Crippen molar-refractivity contribution in [3.05, 3.63) is 240 Å². The van der Waals surface area contributed by atoms with Crippen LogP contribution in [0.1, 0.15) is 27.8 Å². The Balaban J connectivity index is 0.989. The van der Waals surface area contributed by atoms with Crippen LogP contribution in [0.5, 0.6) is 0 Å². The molecular formula is C57H38N4S. The molecule has 292 valence electrons. The summed E-state index contributed by atoms with van der Waals surface area (Å²) < 4.78 is 2.61. The molecule has 1 aliphatic heterocycles. The van der Waals surface area contributed by atoms with Gasteiger partial charge in [-0.3, -0.25) is 5.41 Å². The molecule has 0 unspecified atom stereocenters. The molecule has 62 heavy (non-hydrogen) atoms. The Kier molecular flexibility index (Phi) is 9.49. The highest BCUT2D eigenvalue weighted by Crippen LogP contribution is 2.39. The lowest BCUT2D eigenvalue weighted by molar-refractivity contribution is 1.18. The summed E-state index contributed by atoms with van der Waals surface area (Å²) >= 11 is 1.84. The zero-order valence-electron chi connectivity index (χ0n) is 33.6. The molecule has 0 spiro atoms. The first-order valence-electron chi connectivity index (χ1n) is 20.7. The molecule has 0 bridgehead atoms. The molecule has 5 heteroatoms. The molecule has 8 aromatic carbocycles. The van der Waals surface area contributed by atoms with Gasteiger partial charge in [0.15, 0.2) is 5.82 Å². The molecule has 0 atom stereocenters. The van der Waals surface area contributed by atoms with Crippen LogP contribution < -0.4 is 5.32 Å². The molecule has 2 N–H and O–H groups in total. The highest BCUT2D eigenvalue weighted by atomic mass is 32.1. The summed E-state index contributed by atoms with van der Waals surface area (Å²) in [5.74, 6) is 0.644. The largest absolute Gasteiger partial charge is 0.354 e. The summed E-state index contributed by atoms with van der Waals surface area (Å²) in [6, 6.07) is 73.6. The Bertz CT molecular complexity index is 3370.